The van der Waals surface area contributed by atoms with Gasteiger partial charge < -0.3 is 20.3 Å². The molecule has 0 bridgehead atoms. The maximum Gasteiger partial charge on any atom is 0.152 e. The third-order valence-electron chi connectivity index (χ3n) is 9.58. The molecule has 4 rings (SSSR count). The van der Waals surface area contributed by atoms with Gasteiger partial charge in [0.1, 0.15) is 0 Å². The molecular formula is C33H51N3O2. The van der Waals surface area contributed by atoms with Crippen molar-refractivity contribution in [3.05, 3.63) is 60.6 Å². The number of hydrogen-bond acceptors (Lipinski definition) is 5. The van der Waals surface area contributed by atoms with Gasteiger partial charge in [-0.2, -0.15) is 0 Å². The van der Waals surface area contributed by atoms with Crippen LogP contribution in [0.15, 0.2) is 55.0 Å². The third-order valence-corrected chi connectivity index (χ3v) is 9.58. The molecule has 1 saturated heterocycles. The molecule has 1 aliphatic heterocycles. The number of carbonyl (C=O) groups is 1. The van der Waals surface area contributed by atoms with E-state index in [9.17, 15) is 4.79 Å². The van der Waals surface area contributed by atoms with Gasteiger partial charge in [-0.05, 0) is 48.0 Å². The summed E-state index contributed by atoms with van der Waals surface area (Å²) in [6.07, 6.45) is 6.64. The number of nitrogens with zero attached hydrogens (tertiary/aromatic N) is 1. The Balaban J connectivity index is 1.38. The van der Waals surface area contributed by atoms with Crippen molar-refractivity contribution >= 4 is 5.78 Å². The van der Waals surface area contributed by atoms with Crippen molar-refractivity contribution in [3.63, 3.8) is 0 Å². The first-order valence-electron chi connectivity index (χ1n) is 14.6. The minimum Gasteiger partial charge on any atom is -0.374 e. The van der Waals surface area contributed by atoms with E-state index in [0.717, 1.165) is 37.3 Å². The molecule has 4 atom stereocenters. The summed E-state index contributed by atoms with van der Waals surface area (Å²) in [6.45, 7) is 24.3. The third kappa shape index (κ3) is 6.30. The van der Waals surface area contributed by atoms with E-state index in [0.29, 0.717) is 25.0 Å². The predicted molar refractivity (Wildman–Crippen MR) is 156 cm³/mol. The second kappa shape index (κ2) is 11.1. The number of rotatable bonds is 12. The number of Topliss-reactive ketones (excluding diaryl/α,β-unsaturated/α-hetero) is 1. The van der Waals surface area contributed by atoms with Crippen molar-refractivity contribution < 1.29 is 9.53 Å². The summed E-state index contributed by atoms with van der Waals surface area (Å²) in [5.74, 6) is 2.17. The van der Waals surface area contributed by atoms with E-state index in [4.69, 9.17) is 4.74 Å². The van der Waals surface area contributed by atoms with Crippen LogP contribution in [0.3, 0.4) is 0 Å². The maximum atomic E-state index is 12.6. The van der Waals surface area contributed by atoms with Gasteiger partial charge in [-0.1, -0.05) is 97.4 Å². The summed E-state index contributed by atoms with van der Waals surface area (Å²) in [5, 5.41) is 7.53. The fourth-order valence-electron chi connectivity index (χ4n) is 7.05. The number of benzene rings is 1. The molecular weight excluding hydrogens is 470 g/mol. The molecule has 5 nitrogen and oxygen atoms in total. The zero-order chi connectivity index (χ0) is 27.7. The van der Waals surface area contributed by atoms with Gasteiger partial charge in [-0.15, -0.1) is 0 Å². The molecule has 1 heterocycles. The Bertz CT molecular complexity index is 1000. The molecule has 2 unspecified atom stereocenters. The van der Waals surface area contributed by atoms with E-state index in [2.05, 4.69) is 87.6 Å². The monoisotopic (exact) mass is 521 g/mol. The molecule has 0 spiro atoms. The van der Waals surface area contributed by atoms with Gasteiger partial charge in [0.05, 0.1) is 30.6 Å². The first-order valence-corrected chi connectivity index (χ1v) is 14.6. The van der Waals surface area contributed by atoms with Gasteiger partial charge in [-0.3, -0.25) is 4.79 Å². The van der Waals surface area contributed by atoms with Crippen molar-refractivity contribution in [3.8, 4) is 0 Å². The number of likely N-dealkylation sites (tertiary alicyclic amines) is 1. The molecule has 38 heavy (non-hydrogen) atoms. The summed E-state index contributed by atoms with van der Waals surface area (Å²) in [5.41, 5.74) is 2.42. The summed E-state index contributed by atoms with van der Waals surface area (Å²) < 4.78 is 6.25. The van der Waals surface area contributed by atoms with Gasteiger partial charge in [-0.25, -0.2) is 0 Å². The summed E-state index contributed by atoms with van der Waals surface area (Å²) in [7, 11) is 0. The zero-order valence-electron chi connectivity index (χ0n) is 24.7. The molecule has 3 aliphatic rings. The van der Waals surface area contributed by atoms with Crippen molar-refractivity contribution in [2.45, 2.75) is 104 Å². The van der Waals surface area contributed by atoms with E-state index >= 15 is 0 Å². The Morgan fingerprint density at radius 1 is 1.13 bits per heavy atom. The van der Waals surface area contributed by atoms with Crippen LogP contribution in [0.25, 0.3) is 0 Å². The zero-order valence-corrected chi connectivity index (χ0v) is 24.7. The minimum atomic E-state index is -0.0991. The van der Waals surface area contributed by atoms with Crippen molar-refractivity contribution in [1.29, 1.82) is 0 Å². The molecule has 0 radical (unpaired) electrons. The highest BCUT2D eigenvalue weighted by Gasteiger charge is 2.67. The van der Waals surface area contributed by atoms with E-state index in [1.54, 1.807) is 6.92 Å². The van der Waals surface area contributed by atoms with Gasteiger partial charge >= 0.3 is 0 Å². The number of carbonyl (C=O) groups excluding carboxylic acids is 1. The highest BCUT2D eigenvalue weighted by molar-refractivity contribution is 5.83. The molecule has 3 fully saturated rings. The van der Waals surface area contributed by atoms with E-state index < -0.39 is 0 Å². The lowest BCUT2D eigenvalue weighted by Gasteiger charge is -2.42. The van der Waals surface area contributed by atoms with Gasteiger partial charge in [0.25, 0.3) is 0 Å². The Kier molecular flexibility index (Phi) is 8.37. The fraction of sp³-hybridized carbons (Fsp3) is 0.667. The standard InChI is InChI=1S/C33H51N3O2/c1-23(36-20-27-29(32(27,7)8)30(36)24(2)37)19-28(31(4,5)6)34-25(3)35-33(17-13-10-14-18-33)22-38-21-26-15-11-9-12-16-26/h9,11-12,15-16,27-30,34-35H,1,3,10,13-14,17-22H2,2,4-8H3/t27-,28?,29-,30?/m0/s1. The second-order valence-electron chi connectivity index (χ2n) is 13.9. The average molecular weight is 522 g/mol. The number of piperidine rings is 1. The lowest BCUT2D eigenvalue weighted by atomic mass is 9.81. The Morgan fingerprint density at radius 3 is 2.39 bits per heavy atom. The topological polar surface area (TPSA) is 53.6 Å². The largest absolute Gasteiger partial charge is 0.374 e. The normalized spacial score (nSPS) is 26.3. The van der Waals surface area contributed by atoms with Crippen LogP contribution in [0.4, 0.5) is 0 Å². The van der Waals surface area contributed by atoms with Crippen LogP contribution < -0.4 is 10.6 Å². The van der Waals surface area contributed by atoms with Crippen LogP contribution in [0.5, 0.6) is 0 Å². The maximum absolute atomic E-state index is 12.6. The first-order chi connectivity index (χ1) is 17.8. The number of nitrogens with one attached hydrogen (secondary N) is 2. The Labute approximate surface area is 231 Å². The van der Waals surface area contributed by atoms with Gasteiger partial charge in [0, 0.05) is 24.7 Å². The van der Waals surface area contributed by atoms with Crippen molar-refractivity contribution in [2.75, 3.05) is 13.2 Å². The minimum absolute atomic E-state index is 0.00919. The summed E-state index contributed by atoms with van der Waals surface area (Å²) in [6, 6.07) is 10.5. The number of ether oxygens (including phenoxy) is 1. The van der Waals surface area contributed by atoms with Crippen LogP contribution in [0.1, 0.15) is 85.6 Å². The smallest absolute Gasteiger partial charge is 0.152 e. The van der Waals surface area contributed by atoms with E-state index in [-0.39, 0.29) is 34.2 Å². The van der Waals surface area contributed by atoms with Gasteiger partial charge in [0.2, 0.25) is 0 Å². The molecule has 0 amide bonds. The molecule has 2 N–H and O–H groups in total. The number of ketones is 1. The SMILES string of the molecule is C=C(NC(CC(=C)N1C[C@H]2[C@@H](C1C(C)=O)C2(C)C)C(C)(C)C)NC1(COCc2ccccc2)CCCCC1. The summed E-state index contributed by atoms with van der Waals surface area (Å²) in [4.78, 5) is 15.0. The van der Waals surface area contributed by atoms with Crippen LogP contribution in [0.2, 0.25) is 0 Å². The van der Waals surface area contributed by atoms with Crippen LogP contribution in [-0.2, 0) is 16.1 Å². The molecule has 1 aromatic carbocycles. The van der Waals surface area contributed by atoms with Crippen LogP contribution in [-0.4, -0.2) is 41.5 Å². The van der Waals surface area contributed by atoms with Crippen molar-refractivity contribution in [2.24, 2.45) is 22.7 Å². The van der Waals surface area contributed by atoms with Crippen LogP contribution >= 0.6 is 0 Å². The van der Waals surface area contributed by atoms with E-state index in [1.807, 2.05) is 6.07 Å². The number of hydrogen-bond donors (Lipinski definition) is 2. The lowest BCUT2D eigenvalue weighted by molar-refractivity contribution is -0.121. The highest BCUT2D eigenvalue weighted by atomic mass is 16.5. The molecule has 5 heteroatoms. The highest BCUT2D eigenvalue weighted by Crippen LogP contribution is 2.65. The van der Waals surface area contributed by atoms with Crippen molar-refractivity contribution in [1.82, 2.24) is 15.5 Å². The molecule has 0 aromatic heterocycles. The molecule has 210 valence electrons. The lowest BCUT2D eigenvalue weighted by Crippen LogP contribution is -2.54. The van der Waals surface area contributed by atoms with E-state index in [1.165, 1.54) is 24.8 Å². The molecule has 1 aromatic rings. The Hall–Kier alpha value is -2.27. The van der Waals surface area contributed by atoms with Crippen LogP contribution in [0, 0.1) is 22.7 Å². The molecule has 2 aliphatic carbocycles. The molecule has 2 saturated carbocycles. The average Bonchev–Trinajstić information content (AvgIpc) is 3.17. The quantitative estimate of drug-likeness (QED) is 0.332. The predicted octanol–water partition coefficient (Wildman–Crippen LogP) is 6.42. The number of fused-ring (bicyclic) bond motifs is 1. The fourth-order valence-corrected chi connectivity index (χ4v) is 7.05. The Morgan fingerprint density at radius 2 is 1.79 bits per heavy atom. The van der Waals surface area contributed by atoms with Gasteiger partial charge in [0.15, 0.2) is 5.78 Å². The second-order valence-corrected chi connectivity index (χ2v) is 13.9. The summed E-state index contributed by atoms with van der Waals surface area (Å²) >= 11 is 0. The first kappa shape index (κ1) is 28.7.